The van der Waals surface area contributed by atoms with Crippen LogP contribution in [0.2, 0.25) is 5.02 Å². The Morgan fingerprint density at radius 1 is 0.939 bits per heavy atom. The largest absolute Gasteiger partial charge is 0.368 e. The molecule has 1 aliphatic rings. The summed E-state index contributed by atoms with van der Waals surface area (Å²) in [7, 11) is 0. The fourth-order valence-electron chi connectivity index (χ4n) is 3.69. The van der Waals surface area contributed by atoms with Gasteiger partial charge in [-0.2, -0.15) is 5.10 Å². The van der Waals surface area contributed by atoms with Crippen LogP contribution >= 0.6 is 11.6 Å². The van der Waals surface area contributed by atoms with Gasteiger partial charge in [-0.15, -0.1) is 0 Å². The van der Waals surface area contributed by atoms with Crippen LogP contribution < -0.4 is 15.8 Å². The maximum Gasteiger partial charge on any atom is 0.276 e. The first kappa shape index (κ1) is 22.5. The van der Waals surface area contributed by atoms with Crippen molar-refractivity contribution in [3.8, 4) is 0 Å². The average Bonchev–Trinajstić information content (AvgIpc) is 2.84. The van der Waals surface area contributed by atoms with Crippen LogP contribution in [0.3, 0.4) is 0 Å². The molecule has 0 saturated carbocycles. The van der Waals surface area contributed by atoms with Gasteiger partial charge in [0.2, 0.25) is 5.91 Å². The van der Waals surface area contributed by atoms with E-state index >= 15 is 0 Å². The number of nitrogens with one attached hydrogen (secondary N) is 1. The molecule has 8 nitrogen and oxygen atoms in total. The van der Waals surface area contributed by atoms with E-state index in [2.05, 4.69) is 15.3 Å². The van der Waals surface area contributed by atoms with Crippen LogP contribution in [0.15, 0.2) is 71.5 Å². The number of hydrogen-bond acceptors (Lipinski definition) is 5. The summed E-state index contributed by atoms with van der Waals surface area (Å²) in [5.74, 6) is -0.466. The third kappa shape index (κ3) is 5.78. The molecular formula is C24H24ClN5O3. The molecule has 1 saturated heterocycles. The first-order chi connectivity index (χ1) is 16.0. The number of benzene rings is 2. The molecule has 170 valence electrons. The highest BCUT2D eigenvalue weighted by atomic mass is 35.5. The second kappa shape index (κ2) is 10.3. The standard InChI is InChI=1S/C24H24ClN5O3/c25-18-5-4-8-20(17-18)28-13-15-29(16-14-28)22(31)11-12-30-23(32)10-9-21(27-30)24(33)26-19-6-2-1-3-7-19/h1-10,17H,11-16H2,(H,26,33). The molecule has 1 aliphatic heterocycles. The summed E-state index contributed by atoms with van der Waals surface area (Å²) in [6.45, 7) is 2.71. The van der Waals surface area contributed by atoms with E-state index in [1.165, 1.54) is 16.8 Å². The minimum absolute atomic E-state index is 0.0476. The van der Waals surface area contributed by atoms with Crippen molar-refractivity contribution in [1.82, 2.24) is 14.7 Å². The summed E-state index contributed by atoms with van der Waals surface area (Å²) < 4.78 is 1.17. The molecule has 0 unspecified atom stereocenters. The number of nitrogens with zero attached hydrogens (tertiary/aromatic N) is 4. The molecule has 4 rings (SSSR count). The third-order valence-electron chi connectivity index (χ3n) is 5.47. The molecule has 3 aromatic rings. The lowest BCUT2D eigenvalue weighted by Gasteiger charge is -2.36. The van der Waals surface area contributed by atoms with Crippen molar-refractivity contribution in [2.24, 2.45) is 0 Å². The summed E-state index contributed by atoms with van der Waals surface area (Å²) in [6, 6.07) is 19.3. The molecule has 2 amide bonds. The molecule has 0 atom stereocenters. The number of carbonyl (C=O) groups is 2. The fraction of sp³-hybridized carbons (Fsp3) is 0.250. The van der Waals surface area contributed by atoms with Gasteiger partial charge in [-0.05, 0) is 36.4 Å². The first-order valence-corrected chi connectivity index (χ1v) is 11.1. The highest BCUT2D eigenvalue weighted by Gasteiger charge is 2.21. The Morgan fingerprint density at radius 2 is 1.70 bits per heavy atom. The number of aromatic nitrogens is 2. The summed E-state index contributed by atoms with van der Waals surface area (Å²) in [5.41, 5.74) is 1.43. The topological polar surface area (TPSA) is 87.5 Å². The van der Waals surface area contributed by atoms with E-state index in [0.29, 0.717) is 36.9 Å². The Labute approximate surface area is 196 Å². The number of aryl methyl sites for hydroxylation is 1. The molecule has 2 aromatic carbocycles. The van der Waals surface area contributed by atoms with Gasteiger partial charge in [-0.3, -0.25) is 14.4 Å². The maximum atomic E-state index is 12.7. The number of amides is 2. The molecule has 0 aliphatic carbocycles. The molecule has 1 fully saturated rings. The quantitative estimate of drug-likeness (QED) is 0.604. The lowest BCUT2D eigenvalue weighted by Crippen LogP contribution is -2.49. The molecule has 33 heavy (non-hydrogen) atoms. The number of carbonyl (C=O) groups excluding carboxylic acids is 2. The van der Waals surface area contributed by atoms with Gasteiger partial charge in [0.15, 0.2) is 0 Å². The molecule has 0 radical (unpaired) electrons. The number of halogens is 1. The number of anilines is 2. The zero-order valence-corrected chi connectivity index (χ0v) is 18.7. The number of para-hydroxylation sites is 1. The Morgan fingerprint density at radius 3 is 2.42 bits per heavy atom. The van der Waals surface area contributed by atoms with Gasteiger partial charge >= 0.3 is 0 Å². The highest BCUT2D eigenvalue weighted by molar-refractivity contribution is 6.30. The number of piperazine rings is 1. The normalized spacial score (nSPS) is 13.6. The van der Waals surface area contributed by atoms with Gasteiger partial charge in [0.25, 0.3) is 11.5 Å². The van der Waals surface area contributed by atoms with Crippen LogP contribution in [-0.2, 0) is 11.3 Å². The average molecular weight is 466 g/mol. The van der Waals surface area contributed by atoms with Gasteiger partial charge in [0.05, 0.1) is 6.54 Å². The SMILES string of the molecule is O=C(Nc1ccccc1)c1ccc(=O)n(CCC(=O)N2CCN(c3cccc(Cl)c3)CC2)n1. The number of rotatable bonds is 6. The monoisotopic (exact) mass is 465 g/mol. The second-order valence-corrected chi connectivity index (χ2v) is 8.13. The van der Waals surface area contributed by atoms with Crippen molar-refractivity contribution < 1.29 is 9.59 Å². The van der Waals surface area contributed by atoms with Gasteiger partial charge in [-0.25, -0.2) is 4.68 Å². The summed E-state index contributed by atoms with van der Waals surface area (Å²) in [4.78, 5) is 41.3. The van der Waals surface area contributed by atoms with Crippen molar-refractivity contribution >= 4 is 34.8 Å². The van der Waals surface area contributed by atoms with E-state index < -0.39 is 5.91 Å². The van der Waals surface area contributed by atoms with E-state index in [1.807, 2.05) is 42.5 Å². The Hall–Kier alpha value is -3.65. The van der Waals surface area contributed by atoms with E-state index in [9.17, 15) is 14.4 Å². The molecule has 2 heterocycles. The van der Waals surface area contributed by atoms with Crippen molar-refractivity contribution in [2.75, 3.05) is 36.4 Å². The molecule has 0 bridgehead atoms. The van der Waals surface area contributed by atoms with Crippen LogP contribution in [0.1, 0.15) is 16.9 Å². The van der Waals surface area contributed by atoms with Crippen molar-refractivity contribution in [1.29, 1.82) is 0 Å². The second-order valence-electron chi connectivity index (χ2n) is 7.70. The van der Waals surface area contributed by atoms with Crippen LogP contribution in [0.25, 0.3) is 0 Å². The molecule has 1 aromatic heterocycles. The zero-order valence-electron chi connectivity index (χ0n) is 18.0. The van der Waals surface area contributed by atoms with E-state index in [-0.39, 0.29) is 30.1 Å². The maximum absolute atomic E-state index is 12.7. The molecule has 9 heteroatoms. The highest BCUT2D eigenvalue weighted by Crippen LogP contribution is 2.21. The van der Waals surface area contributed by atoms with E-state index in [4.69, 9.17) is 11.6 Å². The van der Waals surface area contributed by atoms with Crippen molar-refractivity contribution in [3.63, 3.8) is 0 Å². The molecule has 0 spiro atoms. The zero-order chi connectivity index (χ0) is 23.2. The van der Waals surface area contributed by atoms with Crippen LogP contribution in [0.4, 0.5) is 11.4 Å². The Kier molecular flexibility index (Phi) is 7.04. The van der Waals surface area contributed by atoms with E-state index in [0.717, 1.165) is 5.69 Å². The van der Waals surface area contributed by atoms with Crippen LogP contribution in [-0.4, -0.2) is 52.7 Å². The summed E-state index contributed by atoms with van der Waals surface area (Å²) in [6.07, 6.45) is 0.133. The van der Waals surface area contributed by atoms with Gasteiger partial charge in [0.1, 0.15) is 5.69 Å². The van der Waals surface area contributed by atoms with E-state index in [1.54, 1.807) is 17.0 Å². The predicted molar refractivity (Wildman–Crippen MR) is 128 cm³/mol. The number of hydrogen-bond donors (Lipinski definition) is 1. The van der Waals surface area contributed by atoms with Crippen molar-refractivity contribution in [3.05, 3.63) is 87.8 Å². The smallest absolute Gasteiger partial charge is 0.276 e. The van der Waals surface area contributed by atoms with Crippen LogP contribution in [0.5, 0.6) is 0 Å². The summed E-state index contributed by atoms with van der Waals surface area (Å²) >= 11 is 6.08. The third-order valence-corrected chi connectivity index (χ3v) is 5.71. The van der Waals surface area contributed by atoms with Gasteiger partial charge in [0, 0.05) is 55.1 Å². The molecular weight excluding hydrogens is 442 g/mol. The van der Waals surface area contributed by atoms with Crippen LogP contribution in [0, 0.1) is 0 Å². The fourth-order valence-corrected chi connectivity index (χ4v) is 3.88. The minimum atomic E-state index is -0.418. The minimum Gasteiger partial charge on any atom is -0.368 e. The Bertz CT molecular complexity index is 1190. The lowest BCUT2D eigenvalue weighted by atomic mass is 10.2. The lowest BCUT2D eigenvalue weighted by molar-refractivity contribution is -0.131. The molecule has 1 N–H and O–H groups in total. The first-order valence-electron chi connectivity index (χ1n) is 10.7. The van der Waals surface area contributed by atoms with Gasteiger partial charge < -0.3 is 15.1 Å². The predicted octanol–water partition coefficient (Wildman–Crippen LogP) is 2.89. The van der Waals surface area contributed by atoms with Crippen molar-refractivity contribution in [2.45, 2.75) is 13.0 Å². The summed E-state index contributed by atoms with van der Waals surface area (Å²) in [5, 5.41) is 7.57. The van der Waals surface area contributed by atoms with Gasteiger partial charge in [-0.1, -0.05) is 35.9 Å². The Balaban J connectivity index is 1.32.